The number of carbonyl (C=O) groups excluding carboxylic acids is 1. The van der Waals surface area contributed by atoms with Crippen molar-refractivity contribution in [2.24, 2.45) is 0 Å². The summed E-state index contributed by atoms with van der Waals surface area (Å²) in [6.07, 6.45) is 7.18. The molecule has 1 aromatic heterocycles. The van der Waals surface area contributed by atoms with Gasteiger partial charge in [0, 0.05) is 11.7 Å². The molecule has 1 amide bonds. The molecule has 1 saturated carbocycles. The SMILES string of the molecule is COc1ccc(Nc2nnc(S[C@H](C)C(=O)NC3CCCCCC3)s2)cc1. The molecule has 6 nitrogen and oxygen atoms in total. The van der Waals surface area contributed by atoms with Gasteiger partial charge in [0.25, 0.3) is 0 Å². The van der Waals surface area contributed by atoms with Crippen molar-refractivity contribution in [3.8, 4) is 5.75 Å². The van der Waals surface area contributed by atoms with E-state index in [4.69, 9.17) is 4.74 Å². The number of amides is 1. The lowest BCUT2D eigenvalue weighted by atomic mass is 10.1. The zero-order chi connectivity index (χ0) is 19.1. The van der Waals surface area contributed by atoms with Crippen LogP contribution in [0.4, 0.5) is 10.8 Å². The first-order valence-electron chi connectivity index (χ1n) is 9.35. The van der Waals surface area contributed by atoms with Crippen LogP contribution in [0, 0.1) is 0 Å². The van der Waals surface area contributed by atoms with Crippen molar-refractivity contribution in [2.75, 3.05) is 12.4 Å². The van der Waals surface area contributed by atoms with Crippen LogP contribution in [0.2, 0.25) is 0 Å². The molecule has 0 aliphatic heterocycles. The normalized spacial score (nSPS) is 16.4. The maximum absolute atomic E-state index is 12.5. The zero-order valence-corrected chi connectivity index (χ0v) is 17.4. The third kappa shape index (κ3) is 6.10. The number of aromatic nitrogens is 2. The Morgan fingerprint density at radius 1 is 1.19 bits per heavy atom. The van der Waals surface area contributed by atoms with Gasteiger partial charge in [-0.05, 0) is 44.0 Å². The molecule has 0 spiro atoms. The van der Waals surface area contributed by atoms with E-state index in [1.54, 1.807) is 7.11 Å². The van der Waals surface area contributed by atoms with E-state index in [9.17, 15) is 4.79 Å². The second-order valence-electron chi connectivity index (χ2n) is 6.68. The van der Waals surface area contributed by atoms with Gasteiger partial charge in [-0.25, -0.2) is 0 Å². The van der Waals surface area contributed by atoms with Crippen molar-refractivity contribution in [3.05, 3.63) is 24.3 Å². The summed E-state index contributed by atoms with van der Waals surface area (Å²) in [7, 11) is 1.64. The summed E-state index contributed by atoms with van der Waals surface area (Å²) in [6.45, 7) is 1.93. The Kier molecular flexibility index (Phi) is 7.34. The molecule has 1 aliphatic carbocycles. The second kappa shape index (κ2) is 9.94. The van der Waals surface area contributed by atoms with Crippen molar-refractivity contribution >= 4 is 39.8 Å². The minimum absolute atomic E-state index is 0.0896. The van der Waals surface area contributed by atoms with Crippen molar-refractivity contribution in [1.29, 1.82) is 0 Å². The third-order valence-corrected chi connectivity index (χ3v) is 6.62. The predicted molar refractivity (Wildman–Crippen MR) is 111 cm³/mol. The van der Waals surface area contributed by atoms with Crippen LogP contribution in [-0.4, -0.2) is 34.5 Å². The molecular weight excluding hydrogens is 380 g/mol. The van der Waals surface area contributed by atoms with Crippen molar-refractivity contribution in [2.45, 2.75) is 61.1 Å². The number of hydrogen-bond donors (Lipinski definition) is 2. The molecule has 0 radical (unpaired) electrons. The number of nitrogens with zero attached hydrogens (tertiary/aromatic N) is 2. The van der Waals surface area contributed by atoms with E-state index in [-0.39, 0.29) is 11.2 Å². The van der Waals surface area contributed by atoms with Crippen LogP contribution >= 0.6 is 23.1 Å². The monoisotopic (exact) mass is 406 g/mol. The van der Waals surface area contributed by atoms with Gasteiger partial charge >= 0.3 is 0 Å². The second-order valence-corrected chi connectivity index (χ2v) is 9.25. The molecule has 2 N–H and O–H groups in total. The highest BCUT2D eigenvalue weighted by atomic mass is 32.2. The van der Waals surface area contributed by atoms with E-state index in [0.717, 1.165) is 28.6 Å². The van der Waals surface area contributed by atoms with Crippen LogP contribution in [0.25, 0.3) is 0 Å². The van der Waals surface area contributed by atoms with E-state index in [2.05, 4.69) is 20.8 Å². The maximum atomic E-state index is 12.5. The molecule has 1 atom stereocenters. The number of benzene rings is 1. The lowest BCUT2D eigenvalue weighted by Gasteiger charge is -2.18. The summed E-state index contributed by atoms with van der Waals surface area (Å²) in [5, 5.41) is 15.3. The average molecular weight is 407 g/mol. The Hall–Kier alpha value is -1.80. The Morgan fingerprint density at radius 2 is 1.89 bits per heavy atom. The fourth-order valence-electron chi connectivity index (χ4n) is 3.05. The first-order chi connectivity index (χ1) is 13.1. The van der Waals surface area contributed by atoms with Gasteiger partial charge in [0.2, 0.25) is 11.0 Å². The molecule has 3 rings (SSSR count). The van der Waals surface area contributed by atoms with Crippen LogP contribution in [0.5, 0.6) is 5.75 Å². The molecule has 2 aromatic rings. The molecule has 0 saturated heterocycles. The summed E-state index contributed by atoms with van der Waals surface area (Å²) >= 11 is 2.91. The Bertz CT molecular complexity index is 728. The van der Waals surface area contributed by atoms with Crippen LogP contribution in [0.15, 0.2) is 28.6 Å². The predicted octanol–water partition coefficient (Wildman–Crippen LogP) is 4.61. The number of thioether (sulfide) groups is 1. The molecule has 0 unspecified atom stereocenters. The Morgan fingerprint density at radius 3 is 2.56 bits per heavy atom. The largest absolute Gasteiger partial charge is 0.497 e. The minimum atomic E-state index is -0.185. The number of hydrogen-bond acceptors (Lipinski definition) is 7. The van der Waals surface area contributed by atoms with Gasteiger partial charge in [-0.1, -0.05) is 48.8 Å². The van der Waals surface area contributed by atoms with Crippen LogP contribution in [-0.2, 0) is 4.79 Å². The standard InChI is InChI=1S/C19H26N4O2S2/c1-13(17(24)20-14-7-5-3-4-6-8-14)26-19-23-22-18(27-19)21-15-9-11-16(25-2)12-10-15/h9-14H,3-8H2,1-2H3,(H,20,24)(H,21,22)/t13-/m1/s1. The number of ether oxygens (including phenoxy) is 1. The summed E-state index contributed by atoms with van der Waals surface area (Å²) in [5.74, 6) is 0.898. The van der Waals surface area contributed by atoms with E-state index in [1.165, 1.54) is 48.8 Å². The van der Waals surface area contributed by atoms with Crippen LogP contribution in [0.3, 0.4) is 0 Å². The maximum Gasteiger partial charge on any atom is 0.233 e. The first kappa shape index (κ1) is 19.9. The Labute approximate surface area is 168 Å². The highest BCUT2D eigenvalue weighted by Gasteiger charge is 2.21. The van der Waals surface area contributed by atoms with E-state index in [1.807, 2.05) is 31.2 Å². The van der Waals surface area contributed by atoms with Crippen molar-refractivity contribution < 1.29 is 9.53 Å². The van der Waals surface area contributed by atoms with Gasteiger partial charge in [-0.2, -0.15) is 0 Å². The molecule has 8 heteroatoms. The molecule has 27 heavy (non-hydrogen) atoms. The summed E-state index contributed by atoms with van der Waals surface area (Å²) in [4.78, 5) is 12.5. The van der Waals surface area contributed by atoms with Gasteiger partial charge in [0.05, 0.1) is 12.4 Å². The lowest BCUT2D eigenvalue weighted by Crippen LogP contribution is -2.39. The van der Waals surface area contributed by atoms with E-state index >= 15 is 0 Å². The average Bonchev–Trinajstić information content (AvgIpc) is 2.95. The number of nitrogens with one attached hydrogen (secondary N) is 2. The Balaban J connectivity index is 1.50. The van der Waals surface area contributed by atoms with Crippen molar-refractivity contribution in [1.82, 2.24) is 15.5 Å². The van der Waals surface area contributed by atoms with Gasteiger partial charge in [0.1, 0.15) is 5.75 Å². The smallest absolute Gasteiger partial charge is 0.233 e. The van der Waals surface area contributed by atoms with Crippen LogP contribution < -0.4 is 15.4 Å². The number of carbonyl (C=O) groups is 1. The quantitative estimate of drug-likeness (QED) is 0.516. The highest BCUT2D eigenvalue weighted by Crippen LogP contribution is 2.31. The fourth-order valence-corrected chi connectivity index (χ4v) is 4.98. The van der Waals surface area contributed by atoms with E-state index < -0.39 is 0 Å². The summed E-state index contributed by atoms with van der Waals surface area (Å²) < 4.78 is 5.94. The number of anilines is 2. The lowest BCUT2D eigenvalue weighted by molar-refractivity contribution is -0.121. The van der Waals surface area contributed by atoms with Crippen LogP contribution in [0.1, 0.15) is 45.4 Å². The molecule has 1 heterocycles. The molecule has 1 aliphatic rings. The fraction of sp³-hybridized carbons (Fsp3) is 0.526. The zero-order valence-electron chi connectivity index (χ0n) is 15.7. The molecule has 146 valence electrons. The molecule has 0 bridgehead atoms. The highest BCUT2D eigenvalue weighted by molar-refractivity contribution is 8.02. The minimum Gasteiger partial charge on any atom is -0.497 e. The molecule has 1 fully saturated rings. The number of methoxy groups -OCH3 is 1. The summed E-state index contributed by atoms with van der Waals surface area (Å²) in [6, 6.07) is 7.95. The topological polar surface area (TPSA) is 76.1 Å². The summed E-state index contributed by atoms with van der Waals surface area (Å²) in [5.41, 5.74) is 0.919. The van der Waals surface area contributed by atoms with Gasteiger partial charge in [-0.3, -0.25) is 4.79 Å². The first-order valence-corrected chi connectivity index (χ1v) is 11.1. The van der Waals surface area contributed by atoms with Gasteiger partial charge in [-0.15, -0.1) is 10.2 Å². The van der Waals surface area contributed by atoms with Gasteiger partial charge in [0.15, 0.2) is 4.34 Å². The van der Waals surface area contributed by atoms with E-state index in [0.29, 0.717) is 11.2 Å². The molecular formula is C19H26N4O2S2. The molecule has 1 aromatic carbocycles. The third-order valence-electron chi connectivity index (χ3n) is 4.60. The van der Waals surface area contributed by atoms with Crippen molar-refractivity contribution in [3.63, 3.8) is 0 Å². The van der Waals surface area contributed by atoms with Gasteiger partial charge < -0.3 is 15.4 Å². The number of rotatable bonds is 7.